The maximum Gasteiger partial charge on any atom is 0.0726 e. The third kappa shape index (κ3) is 3.25. The van der Waals surface area contributed by atoms with Crippen LogP contribution in [0.25, 0.3) is 0 Å². The minimum atomic E-state index is 0.200. The lowest BCUT2D eigenvalue weighted by atomic mass is 9.90. The lowest BCUT2D eigenvalue weighted by molar-refractivity contribution is 0.0876. The molecule has 14 heavy (non-hydrogen) atoms. The Balaban J connectivity index is 2.30. The Kier molecular flexibility index (Phi) is 3.59. The van der Waals surface area contributed by atoms with E-state index in [1.165, 1.54) is 6.42 Å². The van der Waals surface area contributed by atoms with Crippen molar-refractivity contribution >= 4 is 0 Å². The van der Waals surface area contributed by atoms with Crippen LogP contribution in [-0.2, 0) is 4.74 Å². The highest BCUT2D eigenvalue weighted by molar-refractivity contribution is 4.93. The summed E-state index contributed by atoms with van der Waals surface area (Å²) >= 11 is 0. The SMILES string of the molecule is CC1OCCC1(C)NCCC(C)(C)C. The summed E-state index contributed by atoms with van der Waals surface area (Å²) in [6, 6.07) is 0. The third-order valence-corrected chi connectivity index (χ3v) is 3.29. The molecule has 1 heterocycles. The van der Waals surface area contributed by atoms with Gasteiger partial charge in [-0.1, -0.05) is 20.8 Å². The van der Waals surface area contributed by atoms with E-state index in [1.807, 2.05) is 0 Å². The van der Waals surface area contributed by atoms with Gasteiger partial charge in [0.2, 0.25) is 0 Å². The van der Waals surface area contributed by atoms with Crippen LogP contribution >= 0.6 is 0 Å². The Labute approximate surface area is 88.4 Å². The van der Waals surface area contributed by atoms with Crippen LogP contribution in [-0.4, -0.2) is 24.8 Å². The van der Waals surface area contributed by atoms with Gasteiger partial charge in [0, 0.05) is 12.1 Å². The molecule has 0 aromatic carbocycles. The molecular formula is C12H25NO. The highest BCUT2D eigenvalue weighted by atomic mass is 16.5. The fraction of sp³-hybridized carbons (Fsp3) is 1.00. The maximum atomic E-state index is 5.59. The minimum Gasteiger partial charge on any atom is -0.377 e. The van der Waals surface area contributed by atoms with Crippen molar-refractivity contribution in [2.75, 3.05) is 13.2 Å². The zero-order valence-corrected chi connectivity index (χ0v) is 10.3. The predicted molar refractivity (Wildman–Crippen MR) is 60.5 cm³/mol. The summed E-state index contributed by atoms with van der Waals surface area (Å²) in [5.74, 6) is 0. The molecule has 0 amide bonds. The zero-order chi connectivity index (χ0) is 10.8. The van der Waals surface area contributed by atoms with E-state index in [2.05, 4.69) is 39.9 Å². The number of hydrogen-bond acceptors (Lipinski definition) is 2. The van der Waals surface area contributed by atoms with Crippen molar-refractivity contribution in [1.82, 2.24) is 5.32 Å². The number of nitrogens with one attached hydrogen (secondary N) is 1. The van der Waals surface area contributed by atoms with E-state index in [1.54, 1.807) is 0 Å². The van der Waals surface area contributed by atoms with Crippen LogP contribution in [0.2, 0.25) is 0 Å². The topological polar surface area (TPSA) is 21.3 Å². The average molecular weight is 199 g/mol. The monoisotopic (exact) mass is 199 g/mol. The Bertz CT molecular complexity index is 185. The van der Waals surface area contributed by atoms with Gasteiger partial charge in [-0.2, -0.15) is 0 Å². The Morgan fingerprint density at radius 2 is 2.07 bits per heavy atom. The maximum absolute atomic E-state index is 5.59. The van der Waals surface area contributed by atoms with Crippen molar-refractivity contribution in [2.45, 2.75) is 59.1 Å². The number of hydrogen-bond donors (Lipinski definition) is 1. The fourth-order valence-corrected chi connectivity index (χ4v) is 1.79. The molecule has 0 saturated carbocycles. The van der Waals surface area contributed by atoms with E-state index in [0.717, 1.165) is 19.6 Å². The third-order valence-electron chi connectivity index (χ3n) is 3.29. The lowest BCUT2D eigenvalue weighted by Gasteiger charge is -2.30. The molecule has 84 valence electrons. The quantitative estimate of drug-likeness (QED) is 0.754. The largest absolute Gasteiger partial charge is 0.377 e. The van der Waals surface area contributed by atoms with E-state index >= 15 is 0 Å². The Morgan fingerprint density at radius 3 is 2.50 bits per heavy atom. The molecule has 0 radical (unpaired) electrons. The summed E-state index contributed by atoms with van der Waals surface area (Å²) in [6.45, 7) is 13.3. The smallest absolute Gasteiger partial charge is 0.0726 e. The van der Waals surface area contributed by atoms with E-state index in [9.17, 15) is 0 Å². The van der Waals surface area contributed by atoms with Gasteiger partial charge in [0.25, 0.3) is 0 Å². The normalized spacial score (nSPS) is 33.6. The molecule has 1 fully saturated rings. The molecule has 1 aliphatic heterocycles. The molecule has 2 nitrogen and oxygen atoms in total. The van der Waals surface area contributed by atoms with Gasteiger partial charge in [-0.15, -0.1) is 0 Å². The van der Waals surface area contributed by atoms with Crippen LogP contribution in [0.4, 0.5) is 0 Å². The number of rotatable bonds is 3. The molecule has 0 aliphatic carbocycles. The second kappa shape index (κ2) is 4.19. The fourth-order valence-electron chi connectivity index (χ4n) is 1.79. The first kappa shape index (κ1) is 12.0. The van der Waals surface area contributed by atoms with Crippen molar-refractivity contribution in [3.05, 3.63) is 0 Å². The van der Waals surface area contributed by atoms with E-state index in [4.69, 9.17) is 4.74 Å². The molecule has 0 spiro atoms. The van der Waals surface area contributed by atoms with Gasteiger partial charge in [-0.3, -0.25) is 0 Å². The standard InChI is InChI=1S/C12H25NO/c1-10-12(5,7-9-14-10)13-8-6-11(2,3)4/h10,13H,6-9H2,1-5H3. The summed E-state index contributed by atoms with van der Waals surface area (Å²) in [7, 11) is 0. The van der Waals surface area contributed by atoms with Crippen LogP contribution in [0, 0.1) is 5.41 Å². The van der Waals surface area contributed by atoms with Crippen LogP contribution in [0.3, 0.4) is 0 Å². The van der Waals surface area contributed by atoms with Gasteiger partial charge in [0.15, 0.2) is 0 Å². The van der Waals surface area contributed by atoms with Gasteiger partial charge in [0.1, 0.15) is 0 Å². The second-order valence-electron chi connectivity index (χ2n) is 5.92. The van der Waals surface area contributed by atoms with E-state index in [-0.39, 0.29) is 5.54 Å². The first-order valence-corrected chi connectivity index (χ1v) is 5.70. The first-order valence-electron chi connectivity index (χ1n) is 5.70. The predicted octanol–water partition coefficient (Wildman–Crippen LogP) is 2.58. The van der Waals surface area contributed by atoms with Crippen molar-refractivity contribution in [3.8, 4) is 0 Å². The molecule has 0 bridgehead atoms. The van der Waals surface area contributed by atoms with Crippen molar-refractivity contribution in [1.29, 1.82) is 0 Å². The van der Waals surface area contributed by atoms with Crippen LogP contribution in [0.15, 0.2) is 0 Å². The van der Waals surface area contributed by atoms with Gasteiger partial charge in [0.05, 0.1) is 6.10 Å². The molecule has 2 unspecified atom stereocenters. The average Bonchev–Trinajstić information content (AvgIpc) is 2.30. The van der Waals surface area contributed by atoms with Crippen LogP contribution < -0.4 is 5.32 Å². The van der Waals surface area contributed by atoms with Crippen LogP contribution in [0.5, 0.6) is 0 Å². The number of ether oxygens (including phenoxy) is 1. The van der Waals surface area contributed by atoms with Crippen molar-refractivity contribution in [3.63, 3.8) is 0 Å². The highest BCUT2D eigenvalue weighted by Gasteiger charge is 2.36. The van der Waals surface area contributed by atoms with Crippen molar-refractivity contribution < 1.29 is 4.74 Å². The molecule has 1 saturated heterocycles. The summed E-state index contributed by atoms with van der Waals surface area (Å²) in [5.41, 5.74) is 0.622. The summed E-state index contributed by atoms with van der Waals surface area (Å²) in [5, 5.41) is 3.64. The molecule has 2 atom stereocenters. The summed E-state index contributed by atoms with van der Waals surface area (Å²) < 4.78 is 5.59. The summed E-state index contributed by atoms with van der Waals surface area (Å²) in [4.78, 5) is 0. The first-order chi connectivity index (χ1) is 6.33. The summed E-state index contributed by atoms with van der Waals surface area (Å²) in [6.07, 6.45) is 2.70. The van der Waals surface area contributed by atoms with Gasteiger partial charge < -0.3 is 10.1 Å². The van der Waals surface area contributed by atoms with Gasteiger partial charge in [-0.05, 0) is 38.6 Å². The zero-order valence-electron chi connectivity index (χ0n) is 10.3. The molecule has 0 aromatic heterocycles. The highest BCUT2D eigenvalue weighted by Crippen LogP contribution is 2.26. The van der Waals surface area contributed by atoms with Crippen molar-refractivity contribution in [2.24, 2.45) is 5.41 Å². The molecule has 1 rings (SSSR count). The van der Waals surface area contributed by atoms with E-state index < -0.39 is 0 Å². The van der Waals surface area contributed by atoms with E-state index in [0.29, 0.717) is 11.5 Å². The lowest BCUT2D eigenvalue weighted by Crippen LogP contribution is -2.48. The molecule has 1 N–H and O–H groups in total. The van der Waals surface area contributed by atoms with Gasteiger partial charge in [-0.25, -0.2) is 0 Å². The Hall–Kier alpha value is -0.0800. The van der Waals surface area contributed by atoms with Crippen LogP contribution in [0.1, 0.15) is 47.5 Å². The molecule has 0 aromatic rings. The minimum absolute atomic E-state index is 0.200. The second-order valence-corrected chi connectivity index (χ2v) is 5.92. The molecule has 2 heteroatoms. The van der Waals surface area contributed by atoms with Gasteiger partial charge >= 0.3 is 0 Å². The molecular weight excluding hydrogens is 174 g/mol. The Morgan fingerprint density at radius 1 is 1.43 bits per heavy atom. The molecule has 1 aliphatic rings.